The van der Waals surface area contributed by atoms with Gasteiger partial charge >= 0.3 is 12.0 Å². The number of amides is 3. The van der Waals surface area contributed by atoms with Crippen LogP contribution in [0.25, 0.3) is 0 Å². The number of rotatable bonds is 3. The SMILES string of the molecule is CNC(=O)NC(=O)CN1CCSCC1C(=O)O. The molecule has 7 nitrogen and oxygen atoms in total. The summed E-state index contributed by atoms with van der Waals surface area (Å²) < 4.78 is 0. The molecule has 3 amide bonds. The van der Waals surface area contributed by atoms with E-state index in [0.29, 0.717) is 12.3 Å². The molecule has 0 aliphatic carbocycles. The smallest absolute Gasteiger partial charge is 0.321 e. The van der Waals surface area contributed by atoms with Crippen molar-refractivity contribution in [1.29, 1.82) is 0 Å². The lowest BCUT2D eigenvalue weighted by Crippen LogP contribution is -2.52. The number of carboxylic acid groups (broad SMARTS) is 1. The topological polar surface area (TPSA) is 98.7 Å². The number of thioether (sulfide) groups is 1. The molecule has 8 heteroatoms. The van der Waals surface area contributed by atoms with Crippen LogP contribution in [0.3, 0.4) is 0 Å². The number of imide groups is 1. The maximum Gasteiger partial charge on any atom is 0.321 e. The largest absolute Gasteiger partial charge is 0.480 e. The van der Waals surface area contributed by atoms with Crippen molar-refractivity contribution in [2.75, 3.05) is 31.6 Å². The molecular formula is C9H15N3O4S. The third-order valence-electron chi connectivity index (χ3n) is 2.35. The van der Waals surface area contributed by atoms with E-state index in [0.717, 1.165) is 5.75 Å². The van der Waals surface area contributed by atoms with E-state index in [9.17, 15) is 14.4 Å². The van der Waals surface area contributed by atoms with Crippen LogP contribution in [0.1, 0.15) is 0 Å². The number of carbonyl (C=O) groups is 3. The fourth-order valence-corrected chi connectivity index (χ4v) is 2.57. The number of hydrogen-bond donors (Lipinski definition) is 3. The highest BCUT2D eigenvalue weighted by Crippen LogP contribution is 2.16. The van der Waals surface area contributed by atoms with Crippen LogP contribution in [-0.2, 0) is 9.59 Å². The highest BCUT2D eigenvalue weighted by atomic mass is 32.2. The van der Waals surface area contributed by atoms with Crippen LogP contribution < -0.4 is 10.6 Å². The van der Waals surface area contributed by atoms with Crippen molar-refractivity contribution < 1.29 is 19.5 Å². The number of urea groups is 1. The zero-order chi connectivity index (χ0) is 12.8. The molecule has 1 heterocycles. The summed E-state index contributed by atoms with van der Waals surface area (Å²) in [6.07, 6.45) is 0. The summed E-state index contributed by atoms with van der Waals surface area (Å²) in [7, 11) is 1.40. The molecule has 1 atom stereocenters. The van der Waals surface area contributed by atoms with Gasteiger partial charge in [-0.05, 0) is 0 Å². The lowest BCUT2D eigenvalue weighted by molar-refractivity contribution is -0.142. The molecule has 0 radical (unpaired) electrons. The Morgan fingerprint density at radius 1 is 1.47 bits per heavy atom. The van der Waals surface area contributed by atoms with Crippen LogP contribution in [0.4, 0.5) is 4.79 Å². The van der Waals surface area contributed by atoms with Gasteiger partial charge in [-0.15, -0.1) is 0 Å². The Hall–Kier alpha value is -1.28. The van der Waals surface area contributed by atoms with Crippen molar-refractivity contribution in [3.05, 3.63) is 0 Å². The molecular weight excluding hydrogens is 246 g/mol. The lowest BCUT2D eigenvalue weighted by atomic mass is 10.2. The summed E-state index contributed by atoms with van der Waals surface area (Å²) in [5.41, 5.74) is 0. The second kappa shape index (κ2) is 6.45. The van der Waals surface area contributed by atoms with E-state index < -0.39 is 23.9 Å². The summed E-state index contributed by atoms with van der Waals surface area (Å²) in [4.78, 5) is 34.9. The van der Waals surface area contributed by atoms with Gasteiger partial charge in [-0.1, -0.05) is 0 Å². The standard InChI is InChI=1S/C9H15N3O4S/c1-10-9(16)11-7(13)4-12-2-3-17-5-6(12)8(14)15/h6H,2-5H2,1H3,(H,14,15)(H2,10,11,13,16). The highest BCUT2D eigenvalue weighted by molar-refractivity contribution is 7.99. The minimum atomic E-state index is -0.940. The lowest BCUT2D eigenvalue weighted by Gasteiger charge is -2.31. The summed E-state index contributed by atoms with van der Waals surface area (Å²) in [5.74, 6) is -0.188. The molecule has 1 unspecified atom stereocenters. The van der Waals surface area contributed by atoms with Gasteiger partial charge in [0, 0.05) is 25.1 Å². The molecule has 0 aromatic carbocycles. The van der Waals surface area contributed by atoms with Gasteiger partial charge < -0.3 is 10.4 Å². The molecule has 0 spiro atoms. The second-order valence-electron chi connectivity index (χ2n) is 3.53. The first kappa shape index (κ1) is 13.8. The second-order valence-corrected chi connectivity index (χ2v) is 4.68. The van der Waals surface area contributed by atoms with Gasteiger partial charge in [0.05, 0.1) is 6.54 Å². The van der Waals surface area contributed by atoms with Crippen molar-refractivity contribution in [2.45, 2.75) is 6.04 Å². The first-order valence-electron chi connectivity index (χ1n) is 5.10. The van der Waals surface area contributed by atoms with E-state index >= 15 is 0 Å². The third kappa shape index (κ3) is 4.23. The van der Waals surface area contributed by atoms with Crippen molar-refractivity contribution in [3.63, 3.8) is 0 Å². The molecule has 96 valence electrons. The van der Waals surface area contributed by atoms with E-state index in [1.165, 1.54) is 7.05 Å². The molecule has 1 saturated heterocycles. The quantitative estimate of drug-likeness (QED) is 0.599. The average Bonchev–Trinajstić information content (AvgIpc) is 2.29. The van der Waals surface area contributed by atoms with Crippen LogP contribution in [-0.4, -0.2) is 65.6 Å². The number of nitrogens with zero attached hydrogens (tertiary/aromatic N) is 1. The van der Waals surface area contributed by atoms with E-state index in [1.807, 2.05) is 0 Å². The number of nitrogens with one attached hydrogen (secondary N) is 2. The normalized spacial score (nSPS) is 20.6. The predicted molar refractivity (Wildman–Crippen MR) is 62.9 cm³/mol. The number of hydrogen-bond acceptors (Lipinski definition) is 5. The fourth-order valence-electron chi connectivity index (χ4n) is 1.47. The Labute approximate surface area is 103 Å². The van der Waals surface area contributed by atoms with Crippen molar-refractivity contribution >= 4 is 29.7 Å². The summed E-state index contributed by atoms with van der Waals surface area (Å²) >= 11 is 1.55. The van der Waals surface area contributed by atoms with Crippen molar-refractivity contribution in [1.82, 2.24) is 15.5 Å². The van der Waals surface area contributed by atoms with Gasteiger partial charge in [-0.25, -0.2) is 4.79 Å². The molecule has 0 aromatic rings. The molecule has 3 N–H and O–H groups in total. The van der Waals surface area contributed by atoms with E-state index in [4.69, 9.17) is 5.11 Å². The molecule has 17 heavy (non-hydrogen) atoms. The number of carbonyl (C=O) groups excluding carboxylic acids is 2. The zero-order valence-corrected chi connectivity index (χ0v) is 10.2. The molecule has 0 aromatic heterocycles. The van der Waals surface area contributed by atoms with Crippen molar-refractivity contribution in [2.24, 2.45) is 0 Å². The fraction of sp³-hybridized carbons (Fsp3) is 0.667. The van der Waals surface area contributed by atoms with Gasteiger partial charge in [0.2, 0.25) is 5.91 Å². The van der Waals surface area contributed by atoms with E-state index in [1.54, 1.807) is 16.7 Å². The monoisotopic (exact) mass is 261 g/mol. The van der Waals surface area contributed by atoms with E-state index in [2.05, 4.69) is 10.6 Å². The summed E-state index contributed by atoms with van der Waals surface area (Å²) in [5, 5.41) is 13.3. The minimum absolute atomic E-state index is 0.0784. The Balaban J connectivity index is 2.50. The van der Waals surface area contributed by atoms with Crippen LogP contribution >= 0.6 is 11.8 Å². The maximum absolute atomic E-state index is 11.4. The number of aliphatic carboxylic acids is 1. The zero-order valence-electron chi connectivity index (χ0n) is 9.43. The van der Waals surface area contributed by atoms with Crippen LogP contribution in [0.2, 0.25) is 0 Å². The van der Waals surface area contributed by atoms with Gasteiger partial charge in [-0.3, -0.25) is 19.8 Å². The molecule has 0 saturated carbocycles. The molecule has 1 rings (SSSR count). The Kier molecular flexibility index (Phi) is 5.23. The first-order valence-corrected chi connectivity index (χ1v) is 6.26. The van der Waals surface area contributed by atoms with Crippen LogP contribution in [0, 0.1) is 0 Å². The molecule has 0 bridgehead atoms. The minimum Gasteiger partial charge on any atom is -0.480 e. The van der Waals surface area contributed by atoms with E-state index in [-0.39, 0.29) is 6.54 Å². The summed E-state index contributed by atoms with van der Waals surface area (Å²) in [6.45, 7) is 0.452. The molecule has 1 aliphatic rings. The Morgan fingerprint density at radius 2 is 2.18 bits per heavy atom. The van der Waals surface area contributed by atoms with Gasteiger partial charge in [0.25, 0.3) is 0 Å². The first-order chi connectivity index (χ1) is 8.04. The Bertz CT molecular complexity index is 323. The van der Waals surface area contributed by atoms with Gasteiger partial charge in [-0.2, -0.15) is 11.8 Å². The maximum atomic E-state index is 11.4. The van der Waals surface area contributed by atoms with Gasteiger partial charge in [0.15, 0.2) is 0 Å². The highest BCUT2D eigenvalue weighted by Gasteiger charge is 2.30. The van der Waals surface area contributed by atoms with Crippen LogP contribution in [0.15, 0.2) is 0 Å². The Morgan fingerprint density at radius 3 is 2.76 bits per heavy atom. The molecule has 1 aliphatic heterocycles. The summed E-state index contributed by atoms with van der Waals surface area (Å²) in [6, 6.07) is -1.25. The number of carboxylic acids is 1. The molecule has 1 fully saturated rings. The third-order valence-corrected chi connectivity index (χ3v) is 3.37. The predicted octanol–water partition coefficient (Wildman–Crippen LogP) is -1.06. The van der Waals surface area contributed by atoms with Crippen molar-refractivity contribution in [3.8, 4) is 0 Å². The van der Waals surface area contributed by atoms with Crippen LogP contribution in [0.5, 0.6) is 0 Å². The van der Waals surface area contributed by atoms with Gasteiger partial charge in [0.1, 0.15) is 6.04 Å². The average molecular weight is 261 g/mol.